The Hall–Kier alpha value is -3.11. The van der Waals surface area contributed by atoms with E-state index < -0.39 is 0 Å². The molecule has 0 aliphatic rings. The van der Waals surface area contributed by atoms with Gasteiger partial charge in [0.2, 0.25) is 0 Å². The number of carbonyl (C=O) groups is 1. The Balaban J connectivity index is 1.61. The summed E-state index contributed by atoms with van der Waals surface area (Å²) < 4.78 is 1.99. The minimum Gasteiger partial charge on any atom is -0.322 e. The van der Waals surface area contributed by atoms with Gasteiger partial charge in [-0.2, -0.15) is 0 Å². The van der Waals surface area contributed by atoms with Gasteiger partial charge in [-0.3, -0.25) is 4.79 Å². The fraction of sp³-hybridized carbons (Fsp3) is 0.0476. The molecule has 0 aliphatic heterocycles. The van der Waals surface area contributed by atoms with E-state index in [1.165, 1.54) is 5.56 Å². The second kappa shape index (κ2) is 6.65. The van der Waals surface area contributed by atoms with Crippen LogP contribution >= 0.6 is 11.6 Å². The Morgan fingerprint density at radius 3 is 2.69 bits per heavy atom. The van der Waals surface area contributed by atoms with Crippen LogP contribution in [0.15, 0.2) is 73.1 Å². The van der Waals surface area contributed by atoms with Crippen molar-refractivity contribution in [3.05, 3.63) is 89.2 Å². The van der Waals surface area contributed by atoms with Gasteiger partial charge in [-0.1, -0.05) is 23.7 Å². The normalized spacial score (nSPS) is 10.8. The topological polar surface area (TPSA) is 46.4 Å². The summed E-state index contributed by atoms with van der Waals surface area (Å²) in [6, 6.07) is 18.5. The van der Waals surface area contributed by atoms with Crippen molar-refractivity contribution in [3.63, 3.8) is 0 Å². The zero-order chi connectivity index (χ0) is 18.1. The summed E-state index contributed by atoms with van der Waals surface area (Å²) in [5.41, 5.74) is 5.14. The van der Waals surface area contributed by atoms with E-state index in [0.29, 0.717) is 10.6 Å². The maximum absolute atomic E-state index is 12.4. The van der Waals surface area contributed by atoms with Crippen LogP contribution in [-0.2, 0) is 0 Å². The highest BCUT2D eigenvalue weighted by Crippen LogP contribution is 2.23. The molecule has 0 bridgehead atoms. The summed E-state index contributed by atoms with van der Waals surface area (Å²) in [6.45, 7) is 2.04. The minimum atomic E-state index is -0.176. The molecule has 4 aromatic rings. The number of imidazole rings is 1. The first-order valence-corrected chi connectivity index (χ1v) is 8.59. The van der Waals surface area contributed by atoms with Crippen molar-refractivity contribution in [3.8, 4) is 11.3 Å². The lowest BCUT2D eigenvalue weighted by molar-refractivity contribution is 0.102. The fourth-order valence-corrected chi connectivity index (χ4v) is 2.91. The van der Waals surface area contributed by atoms with Gasteiger partial charge >= 0.3 is 0 Å². The first kappa shape index (κ1) is 16.4. The summed E-state index contributed by atoms with van der Waals surface area (Å²) in [5, 5.41) is 3.52. The van der Waals surface area contributed by atoms with E-state index in [2.05, 4.69) is 10.3 Å². The highest BCUT2D eigenvalue weighted by Gasteiger charge is 2.09. The number of benzene rings is 2. The second-order valence-electron chi connectivity index (χ2n) is 6.14. The Morgan fingerprint density at radius 2 is 1.88 bits per heavy atom. The summed E-state index contributed by atoms with van der Waals surface area (Å²) >= 11 is 5.87. The van der Waals surface area contributed by atoms with Gasteiger partial charge in [-0.25, -0.2) is 4.98 Å². The van der Waals surface area contributed by atoms with Crippen LogP contribution in [0.5, 0.6) is 0 Å². The molecule has 2 aromatic carbocycles. The molecule has 0 atom stereocenters. The molecule has 5 heteroatoms. The van der Waals surface area contributed by atoms with E-state index in [1.54, 1.807) is 24.3 Å². The van der Waals surface area contributed by atoms with Crippen molar-refractivity contribution < 1.29 is 4.79 Å². The van der Waals surface area contributed by atoms with Crippen molar-refractivity contribution in [1.82, 2.24) is 9.38 Å². The van der Waals surface area contributed by atoms with Gasteiger partial charge in [0.25, 0.3) is 5.91 Å². The molecule has 4 rings (SSSR count). The third-order valence-electron chi connectivity index (χ3n) is 4.14. The second-order valence-corrected chi connectivity index (χ2v) is 6.57. The van der Waals surface area contributed by atoms with Crippen LogP contribution in [-0.4, -0.2) is 15.3 Å². The Bertz CT molecular complexity index is 1100. The molecule has 0 saturated carbocycles. The molecule has 2 aromatic heterocycles. The summed E-state index contributed by atoms with van der Waals surface area (Å²) in [7, 11) is 0. The van der Waals surface area contributed by atoms with Crippen LogP contribution in [0.3, 0.4) is 0 Å². The van der Waals surface area contributed by atoms with Gasteiger partial charge in [0.1, 0.15) is 5.65 Å². The Kier molecular flexibility index (Phi) is 4.19. The van der Waals surface area contributed by atoms with Crippen molar-refractivity contribution in [2.75, 3.05) is 5.32 Å². The van der Waals surface area contributed by atoms with Gasteiger partial charge in [0.15, 0.2) is 0 Å². The standard InChI is InChI=1S/C21H16ClN3O/c1-14-9-10-25-13-19(24-20(25)11-14)16-3-2-4-18(12-16)23-21(26)15-5-7-17(22)8-6-15/h2-13H,1H3,(H,23,26). The van der Waals surface area contributed by atoms with Crippen molar-refractivity contribution in [1.29, 1.82) is 0 Å². The fourth-order valence-electron chi connectivity index (χ4n) is 2.78. The number of anilines is 1. The molecular weight excluding hydrogens is 346 g/mol. The molecule has 128 valence electrons. The van der Waals surface area contributed by atoms with E-state index in [1.807, 2.05) is 60.1 Å². The lowest BCUT2D eigenvalue weighted by Gasteiger charge is -2.07. The average Bonchev–Trinajstić information content (AvgIpc) is 3.05. The zero-order valence-electron chi connectivity index (χ0n) is 14.1. The molecule has 0 radical (unpaired) electrons. The van der Waals surface area contributed by atoms with Crippen molar-refractivity contribution in [2.45, 2.75) is 6.92 Å². The van der Waals surface area contributed by atoms with E-state index in [0.717, 1.165) is 22.6 Å². The van der Waals surface area contributed by atoms with Gasteiger partial charge in [0, 0.05) is 34.2 Å². The number of aryl methyl sites for hydroxylation is 1. The Labute approximate surface area is 156 Å². The molecule has 26 heavy (non-hydrogen) atoms. The Morgan fingerprint density at radius 1 is 1.08 bits per heavy atom. The number of fused-ring (bicyclic) bond motifs is 1. The van der Waals surface area contributed by atoms with Crippen LogP contribution in [0.25, 0.3) is 16.9 Å². The predicted octanol–water partition coefficient (Wildman–Crippen LogP) is 5.22. The number of hydrogen-bond donors (Lipinski definition) is 1. The van der Waals surface area contributed by atoms with Crippen LogP contribution < -0.4 is 5.32 Å². The van der Waals surface area contributed by atoms with Crippen molar-refractivity contribution >= 4 is 28.8 Å². The number of rotatable bonds is 3. The summed E-state index contributed by atoms with van der Waals surface area (Å²) in [5.74, 6) is -0.176. The first-order valence-electron chi connectivity index (χ1n) is 8.21. The maximum Gasteiger partial charge on any atom is 0.255 e. The largest absolute Gasteiger partial charge is 0.322 e. The number of amides is 1. The number of pyridine rings is 1. The highest BCUT2D eigenvalue weighted by atomic mass is 35.5. The van der Waals surface area contributed by atoms with Crippen LogP contribution in [0, 0.1) is 6.92 Å². The highest BCUT2D eigenvalue weighted by molar-refractivity contribution is 6.30. The maximum atomic E-state index is 12.4. The molecule has 2 heterocycles. The third kappa shape index (κ3) is 3.32. The molecule has 0 unspecified atom stereocenters. The van der Waals surface area contributed by atoms with Gasteiger partial charge in [-0.05, 0) is 61.0 Å². The number of carbonyl (C=O) groups excluding carboxylic acids is 1. The SMILES string of the molecule is Cc1ccn2cc(-c3cccc(NC(=O)c4ccc(Cl)cc4)c3)nc2c1. The predicted molar refractivity (Wildman–Crippen MR) is 105 cm³/mol. The van der Waals surface area contributed by atoms with E-state index in [-0.39, 0.29) is 5.91 Å². The lowest BCUT2D eigenvalue weighted by Crippen LogP contribution is -2.11. The molecular formula is C21H16ClN3O. The number of halogens is 1. The smallest absolute Gasteiger partial charge is 0.255 e. The molecule has 0 aliphatic carbocycles. The summed E-state index contributed by atoms with van der Waals surface area (Å²) in [4.78, 5) is 17.0. The lowest BCUT2D eigenvalue weighted by atomic mass is 10.1. The average molecular weight is 362 g/mol. The third-order valence-corrected chi connectivity index (χ3v) is 4.39. The van der Waals surface area contributed by atoms with Gasteiger partial charge in [-0.15, -0.1) is 0 Å². The van der Waals surface area contributed by atoms with Crippen LogP contribution in [0.1, 0.15) is 15.9 Å². The quantitative estimate of drug-likeness (QED) is 0.544. The van der Waals surface area contributed by atoms with Crippen molar-refractivity contribution in [2.24, 2.45) is 0 Å². The van der Waals surface area contributed by atoms with Crippen LogP contribution in [0.2, 0.25) is 5.02 Å². The summed E-state index contributed by atoms with van der Waals surface area (Å²) in [6.07, 6.45) is 3.97. The number of hydrogen-bond acceptors (Lipinski definition) is 2. The molecule has 4 nitrogen and oxygen atoms in total. The minimum absolute atomic E-state index is 0.176. The molecule has 1 N–H and O–H groups in total. The number of nitrogens with zero attached hydrogens (tertiary/aromatic N) is 2. The van der Waals surface area contributed by atoms with E-state index in [9.17, 15) is 4.79 Å². The molecule has 0 spiro atoms. The monoisotopic (exact) mass is 361 g/mol. The van der Waals surface area contributed by atoms with Gasteiger partial charge in [0.05, 0.1) is 5.69 Å². The van der Waals surface area contributed by atoms with Crippen LogP contribution in [0.4, 0.5) is 5.69 Å². The number of aromatic nitrogens is 2. The number of nitrogens with one attached hydrogen (secondary N) is 1. The van der Waals surface area contributed by atoms with E-state index in [4.69, 9.17) is 11.6 Å². The molecule has 1 amide bonds. The van der Waals surface area contributed by atoms with Gasteiger partial charge < -0.3 is 9.72 Å². The van der Waals surface area contributed by atoms with E-state index >= 15 is 0 Å². The molecule has 0 fully saturated rings. The first-order chi connectivity index (χ1) is 12.6. The zero-order valence-corrected chi connectivity index (χ0v) is 14.9. The molecule has 0 saturated heterocycles.